The summed E-state index contributed by atoms with van der Waals surface area (Å²) in [5, 5.41) is 4.14. The van der Waals surface area contributed by atoms with Crippen molar-refractivity contribution in [2.24, 2.45) is 0 Å². The molecule has 3 heteroatoms. The summed E-state index contributed by atoms with van der Waals surface area (Å²) < 4.78 is 1.78. The van der Waals surface area contributed by atoms with Gasteiger partial charge < -0.3 is 4.79 Å². The van der Waals surface area contributed by atoms with Crippen molar-refractivity contribution in [1.29, 1.82) is 0 Å². The van der Waals surface area contributed by atoms with Gasteiger partial charge in [0, 0.05) is 18.2 Å². The zero-order chi connectivity index (χ0) is 9.26. The molecule has 66 valence electrons. The van der Waals surface area contributed by atoms with E-state index in [9.17, 15) is 4.79 Å². The highest BCUT2D eigenvalue weighted by Crippen LogP contribution is 2.11. The van der Waals surface area contributed by atoms with E-state index in [0.717, 1.165) is 17.4 Å². The molecule has 0 amide bonds. The molecule has 2 heterocycles. The van der Waals surface area contributed by atoms with Crippen molar-refractivity contribution in [2.45, 2.75) is 13.3 Å². The van der Waals surface area contributed by atoms with Crippen molar-refractivity contribution in [2.75, 3.05) is 0 Å². The van der Waals surface area contributed by atoms with Gasteiger partial charge in [-0.05, 0) is 24.6 Å². The van der Waals surface area contributed by atoms with Crippen LogP contribution in [0.2, 0.25) is 0 Å². The highest BCUT2D eigenvalue weighted by molar-refractivity contribution is 5.64. The Morgan fingerprint density at radius 3 is 3.23 bits per heavy atom. The highest BCUT2D eigenvalue weighted by Gasteiger charge is 2.02. The second-order valence-corrected chi connectivity index (χ2v) is 3.07. The molecule has 0 saturated carbocycles. The summed E-state index contributed by atoms with van der Waals surface area (Å²) in [5.74, 6) is 0. The van der Waals surface area contributed by atoms with Gasteiger partial charge in [-0.15, -0.1) is 0 Å². The number of hydrogen-bond donors (Lipinski definition) is 0. The largest absolute Gasteiger partial charge is 0.303 e. The van der Waals surface area contributed by atoms with Gasteiger partial charge in [0.1, 0.15) is 6.29 Å². The summed E-state index contributed by atoms with van der Waals surface area (Å²) in [6, 6.07) is 4.02. The zero-order valence-electron chi connectivity index (χ0n) is 7.40. The van der Waals surface area contributed by atoms with E-state index in [0.29, 0.717) is 6.42 Å². The smallest absolute Gasteiger partial charge is 0.124 e. The Morgan fingerprint density at radius 2 is 2.46 bits per heavy atom. The van der Waals surface area contributed by atoms with Crippen LogP contribution < -0.4 is 0 Å². The number of nitrogens with zero attached hydrogens (tertiary/aromatic N) is 2. The molecular weight excluding hydrogens is 164 g/mol. The first kappa shape index (κ1) is 7.98. The summed E-state index contributed by atoms with van der Waals surface area (Å²) in [5.41, 5.74) is 3.19. The van der Waals surface area contributed by atoms with Crippen molar-refractivity contribution in [3.8, 4) is 0 Å². The second-order valence-electron chi connectivity index (χ2n) is 3.07. The first-order valence-corrected chi connectivity index (χ1v) is 4.18. The summed E-state index contributed by atoms with van der Waals surface area (Å²) in [7, 11) is 0. The van der Waals surface area contributed by atoms with E-state index in [2.05, 4.69) is 5.10 Å². The molecule has 0 unspecified atom stereocenters. The molecule has 0 spiro atoms. The lowest BCUT2D eigenvalue weighted by atomic mass is 10.2. The number of aldehydes is 1. The van der Waals surface area contributed by atoms with Gasteiger partial charge in [0.15, 0.2) is 0 Å². The topological polar surface area (TPSA) is 34.4 Å². The number of aryl methyl sites for hydroxylation is 1. The molecule has 0 aliphatic heterocycles. The Kier molecular flexibility index (Phi) is 1.85. The molecular formula is C10H10N2O. The van der Waals surface area contributed by atoms with Crippen LogP contribution in [-0.4, -0.2) is 15.9 Å². The van der Waals surface area contributed by atoms with E-state index in [1.165, 1.54) is 5.56 Å². The lowest BCUT2D eigenvalue weighted by Crippen LogP contribution is -1.88. The summed E-state index contributed by atoms with van der Waals surface area (Å²) in [6.07, 6.45) is 4.98. The van der Waals surface area contributed by atoms with E-state index >= 15 is 0 Å². The van der Waals surface area contributed by atoms with Crippen LogP contribution in [-0.2, 0) is 11.2 Å². The maximum absolute atomic E-state index is 10.4. The van der Waals surface area contributed by atoms with E-state index in [-0.39, 0.29) is 0 Å². The lowest BCUT2D eigenvalue weighted by molar-refractivity contribution is -0.107. The lowest BCUT2D eigenvalue weighted by Gasteiger charge is -1.96. The Balaban J connectivity index is 2.64. The average Bonchev–Trinajstić information content (AvgIpc) is 2.49. The summed E-state index contributed by atoms with van der Waals surface area (Å²) >= 11 is 0. The number of hydrogen-bond acceptors (Lipinski definition) is 2. The molecule has 0 aromatic carbocycles. The van der Waals surface area contributed by atoms with E-state index in [4.69, 9.17) is 0 Å². The molecule has 3 nitrogen and oxygen atoms in total. The number of aromatic nitrogens is 2. The quantitative estimate of drug-likeness (QED) is 0.645. The SMILES string of the molecule is Cc1ccn2ncc(CC=O)c2c1. The van der Waals surface area contributed by atoms with Crippen molar-refractivity contribution < 1.29 is 4.79 Å². The van der Waals surface area contributed by atoms with Crippen LogP contribution in [0.4, 0.5) is 0 Å². The van der Waals surface area contributed by atoms with Gasteiger partial charge in [-0.25, -0.2) is 4.52 Å². The normalized spacial score (nSPS) is 10.5. The molecule has 0 radical (unpaired) electrons. The van der Waals surface area contributed by atoms with Crippen LogP contribution in [0.3, 0.4) is 0 Å². The standard InChI is InChI=1S/C10H10N2O/c1-8-2-4-12-10(6-8)9(3-5-13)7-11-12/h2,4-7H,3H2,1H3. The molecule has 2 aromatic heterocycles. The number of rotatable bonds is 2. The van der Waals surface area contributed by atoms with Crippen LogP contribution in [0.1, 0.15) is 11.1 Å². The molecule has 0 saturated heterocycles. The van der Waals surface area contributed by atoms with Gasteiger partial charge in [0.2, 0.25) is 0 Å². The molecule has 0 aliphatic rings. The van der Waals surface area contributed by atoms with Crippen LogP contribution in [0, 0.1) is 6.92 Å². The van der Waals surface area contributed by atoms with Crippen LogP contribution in [0.15, 0.2) is 24.5 Å². The number of fused-ring (bicyclic) bond motifs is 1. The Hall–Kier alpha value is -1.64. The van der Waals surface area contributed by atoms with Crippen LogP contribution >= 0.6 is 0 Å². The van der Waals surface area contributed by atoms with Crippen LogP contribution in [0.5, 0.6) is 0 Å². The van der Waals surface area contributed by atoms with E-state index < -0.39 is 0 Å². The monoisotopic (exact) mass is 174 g/mol. The van der Waals surface area contributed by atoms with Gasteiger partial charge in [0.25, 0.3) is 0 Å². The fraction of sp³-hybridized carbons (Fsp3) is 0.200. The third-order valence-corrected chi connectivity index (χ3v) is 2.06. The molecule has 2 aromatic rings. The number of carbonyl (C=O) groups excluding carboxylic acids is 1. The molecule has 0 fully saturated rings. The minimum Gasteiger partial charge on any atom is -0.303 e. The molecule has 0 N–H and O–H groups in total. The Morgan fingerprint density at radius 1 is 1.62 bits per heavy atom. The summed E-state index contributed by atoms with van der Waals surface area (Å²) in [6.45, 7) is 2.03. The van der Waals surface area contributed by atoms with Crippen molar-refractivity contribution in [1.82, 2.24) is 9.61 Å². The van der Waals surface area contributed by atoms with Crippen molar-refractivity contribution >= 4 is 11.8 Å². The molecule has 0 bridgehead atoms. The average molecular weight is 174 g/mol. The third-order valence-electron chi connectivity index (χ3n) is 2.06. The van der Waals surface area contributed by atoms with Gasteiger partial charge in [-0.1, -0.05) is 0 Å². The van der Waals surface area contributed by atoms with Crippen molar-refractivity contribution in [3.63, 3.8) is 0 Å². The Bertz CT molecular complexity index is 445. The molecule has 2 rings (SSSR count). The second kappa shape index (κ2) is 3.01. The predicted octanol–water partition coefficient (Wildman–Crippen LogP) is 1.38. The van der Waals surface area contributed by atoms with Gasteiger partial charge in [0.05, 0.1) is 11.7 Å². The number of carbonyl (C=O) groups is 1. The minimum atomic E-state index is 0.437. The van der Waals surface area contributed by atoms with E-state index in [1.807, 2.05) is 25.3 Å². The fourth-order valence-electron chi connectivity index (χ4n) is 1.38. The van der Waals surface area contributed by atoms with E-state index in [1.54, 1.807) is 10.7 Å². The Labute approximate surface area is 76.0 Å². The maximum Gasteiger partial charge on any atom is 0.124 e. The summed E-state index contributed by atoms with van der Waals surface area (Å²) in [4.78, 5) is 10.4. The molecule has 13 heavy (non-hydrogen) atoms. The fourth-order valence-corrected chi connectivity index (χ4v) is 1.38. The van der Waals surface area contributed by atoms with Crippen molar-refractivity contribution in [3.05, 3.63) is 35.7 Å². The third kappa shape index (κ3) is 1.33. The first-order chi connectivity index (χ1) is 6.31. The zero-order valence-corrected chi connectivity index (χ0v) is 7.40. The predicted molar refractivity (Wildman–Crippen MR) is 49.7 cm³/mol. The molecule has 0 aliphatic carbocycles. The molecule has 0 atom stereocenters. The first-order valence-electron chi connectivity index (χ1n) is 4.18. The maximum atomic E-state index is 10.4. The van der Waals surface area contributed by atoms with Crippen LogP contribution in [0.25, 0.3) is 5.52 Å². The van der Waals surface area contributed by atoms with Gasteiger partial charge in [-0.2, -0.15) is 5.10 Å². The minimum absolute atomic E-state index is 0.437. The van der Waals surface area contributed by atoms with Gasteiger partial charge in [-0.3, -0.25) is 0 Å². The van der Waals surface area contributed by atoms with Gasteiger partial charge >= 0.3 is 0 Å². The number of pyridine rings is 1. The highest BCUT2D eigenvalue weighted by atomic mass is 16.1.